The van der Waals surface area contributed by atoms with E-state index in [2.05, 4.69) is 37.8 Å². The van der Waals surface area contributed by atoms with Crippen LogP contribution in [0.4, 0.5) is 0 Å². The second kappa shape index (κ2) is 6.65. The second-order valence-corrected chi connectivity index (χ2v) is 6.13. The van der Waals surface area contributed by atoms with Crippen molar-refractivity contribution in [2.45, 2.75) is 23.8 Å². The fourth-order valence-electron chi connectivity index (χ4n) is 2.97. The Labute approximate surface area is 142 Å². The van der Waals surface area contributed by atoms with Crippen LogP contribution in [0.3, 0.4) is 0 Å². The zero-order chi connectivity index (χ0) is 16.3. The van der Waals surface area contributed by atoms with Crippen molar-refractivity contribution in [2.75, 3.05) is 6.54 Å². The fourth-order valence-corrected chi connectivity index (χ4v) is 3.33. The monoisotopic (exact) mass is 323 g/mol. The molecular formula is C20H21NOS. The van der Waals surface area contributed by atoms with Crippen LogP contribution in [-0.2, 0) is 5.60 Å². The average molecular weight is 323 g/mol. The molecule has 1 atom stereocenters. The van der Waals surface area contributed by atoms with Crippen LogP contribution in [0.15, 0.2) is 71.6 Å². The summed E-state index contributed by atoms with van der Waals surface area (Å²) in [6.07, 6.45) is 0.768. The molecule has 0 saturated carbocycles. The van der Waals surface area contributed by atoms with E-state index in [1.54, 1.807) is 0 Å². The number of fused-ring (bicyclic) bond motifs is 1. The zero-order valence-electron chi connectivity index (χ0n) is 13.2. The maximum atomic E-state index is 6.51. The Hall–Kier alpha value is -1.97. The van der Waals surface area contributed by atoms with E-state index in [4.69, 9.17) is 10.5 Å². The summed E-state index contributed by atoms with van der Waals surface area (Å²) in [6, 6.07) is 22.3. The minimum absolute atomic E-state index is 0.393. The van der Waals surface area contributed by atoms with Gasteiger partial charge in [-0.3, -0.25) is 0 Å². The Bertz CT molecular complexity index is 806. The third-order valence-corrected chi connectivity index (χ3v) is 4.74. The molecule has 0 aliphatic carbocycles. The van der Waals surface area contributed by atoms with E-state index in [1.165, 1.54) is 0 Å². The predicted molar refractivity (Wildman–Crippen MR) is 99.3 cm³/mol. The van der Waals surface area contributed by atoms with Gasteiger partial charge in [-0.25, -0.2) is 0 Å². The van der Waals surface area contributed by atoms with Crippen molar-refractivity contribution in [3.05, 3.63) is 72.3 Å². The third kappa shape index (κ3) is 2.94. The van der Waals surface area contributed by atoms with Crippen LogP contribution in [0.1, 0.15) is 18.9 Å². The van der Waals surface area contributed by atoms with Crippen molar-refractivity contribution >= 4 is 23.4 Å². The number of nitrogens with two attached hydrogens (primary N) is 1. The molecule has 2 nitrogen and oxygen atoms in total. The van der Waals surface area contributed by atoms with Gasteiger partial charge in [0.05, 0.1) is 0 Å². The van der Waals surface area contributed by atoms with E-state index in [0.717, 1.165) is 33.4 Å². The molecule has 3 aromatic carbocycles. The SMILES string of the molecule is CC[C@](CN)(Oc1cccc2ccccc12)c1ccccc1S. The highest BCUT2D eigenvalue weighted by molar-refractivity contribution is 7.80. The molecule has 3 rings (SSSR count). The number of rotatable bonds is 5. The van der Waals surface area contributed by atoms with Crippen molar-refractivity contribution in [3.8, 4) is 5.75 Å². The van der Waals surface area contributed by atoms with Crippen LogP contribution in [0.25, 0.3) is 10.8 Å². The fraction of sp³-hybridized carbons (Fsp3) is 0.200. The molecule has 0 amide bonds. The first kappa shape index (κ1) is 15.9. The minimum Gasteiger partial charge on any atom is -0.481 e. The number of thiol groups is 1. The lowest BCUT2D eigenvalue weighted by atomic mass is 9.90. The lowest BCUT2D eigenvalue weighted by Crippen LogP contribution is -2.40. The van der Waals surface area contributed by atoms with Crippen LogP contribution in [0.2, 0.25) is 0 Å². The first-order chi connectivity index (χ1) is 11.2. The predicted octanol–water partition coefficient (Wildman–Crippen LogP) is 4.77. The summed E-state index contributed by atoms with van der Waals surface area (Å²) in [7, 11) is 0. The molecule has 0 unspecified atom stereocenters. The Morgan fingerprint density at radius 2 is 1.65 bits per heavy atom. The van der Waals surface area contributed by atoms with Crippen LogP contribution in [-0.4, -0.2) is 6.54 Å². The molecule has 23 heavy (non-hydrogen) atoms. The molecule has 0 heterocycles. The Balaban J connectivity index is 2.11. The van der Waals surface area contributed by atoms with Gasteiger partial charge in [0.15, 0.2) is 0 Å². The van der Waals surface area contributed by atoms with Crippen LogP contribution < -0.4 is 10.5 Å². The van der Waals surface area contributed by atoms with Crippen LogP contribution in [0.5, 0.6) is 5.75 Å². The van der Waals surface area contributed by atoms with Gasteiger partial charge in [0.2, 0.25) is 0 Å². The van der Waals surface area contributed by atoms with E-state index in [0.29, 0.717) is 6.54 Å². The van der Waals surface area contributed by atoms with Crippen molar-refractivity contribution < 1.29 is 4.74 Å². The normalized spacial score (nSPS) is 13.7. The Kier molecular flexibility index (Phi) is 4.60. The molecule has 2 N–H and O–H groups in total. The number of hydrogen-bond donors (Lipinski definition) is 2. The van der Waals surface area contributed by atoms with Crippen LogP contribution >= 0.6 is 12.6 Å². The summed E-state index contributed by atoms with van der Waals surface area (Å²) in [5.41, 5.74) is 6.60. The molecule has 0 aliphatic heterocycles. The van der Waals surface area contributed by atoms with Gasteiger partial charge in [0.25, 0.3) is 0 Å². The number of benzene rings is 3. The third-order valence-electron chi connectivity index (χ3n) is 4.35. The highest BCUT2D eigenvalue weighted by atomic mass is 32.1. The summed E-state index contributed by atoms with van der Waals surface area (Å²) in [5.74, 6) is 0.854. The van der Waals surface area contributed by atoms with Gasteiger partial charge < -0.3 is 10.5 Å². The molecule has 0 radical (unpaired) electrons. The highest BCUT2D eigenvalue weighted by Gasteiger charge is 2.33. The van der Waals surface area contributed by atoms with E-state index in [9.17, 15) is 0 Å². The van der Waals surface area contributed by atoms with Crippen molar-refractivity contribution in [1.29, 1.82) is 0 Å². The molecule has 0 bridgehead atoms. The van der Waals surface area contributed by atoms with E-state index in [-0.39, 0.29) is 0 Å². The molecule has 0 aliphatic rings. The molecule has 118 valence electrons. The Morgan fingerprint density at radius 1 is 0.957 bits per heavy atom. The molecule has 0 spiro atoms. The summed E-state index contributed by atoms with van der Waals surface area (Å²) in [4.78, 5) is 0.903. The van der Waals surface area contributed by atoms with Crippen molar-refractivity contribution in [3.63, 3.8) is 0 Å². The Morgan fingerprint density at radius 3 is 2.39 bits per heavy atom. The lowest BCUT2D eigenvalue weighted by molar-refractivity contribution is 0.0701. The molecule has 3 heteroatoms. The summed E-state index contributed by atoms with van der Waals surface area (Å²) < 4.78 is 6.51. The smallest absolute Gasteiger partial charge is 0.147 e. The number of hydrogen-bond acceptors (Lipinski definition) is 3. The quantitative estimate of drug-likeness (QED) is 0.663. The summed E-state index contributed by atoms with van der Waals surface area (Å²) in [5, 5.41) is 2.25. The molecule has 0 fully saturated rings. The molecule has 0 saturated heterocycles. The van der Waals surface area contributed by atoms with Gasteiger partial charge >= 0.3 is 0 Å². The first-order valence-electron chi connectivity index (χ1n) is 7.85. The maximum Gasteiger partial charge on any atom is 0.147 e. The molecule has 0 aromatic heterocycles. The molecule has 3 aromatic rings. The van der Waals surface area contributed by atoms with Gasteiger partial charge in [-0.1, -0.05) is 61.5 Å². The van der Waals surface area contributed by atoms with E-state index in [1.807, 2.05) is 48.5 Å². The summed E-state index contributed by atoms with van der Waals surface area (Å²) >= 11 is 4.60. The second-order valence-electron chi connectivity index (χ2n) is 5.65. The highest BCUT2D eigenvalue weighted by Crippen LogP contribution is 2.37. The molecular weight excluding hydrogens is 302 g/mol. The van der Waals surface area contributed by atoms with Gasteiger partial charge in [-0.05, 0) is 23.9 Å². The first-order valence-corrected chi connectivity index (χ1v) is 8.30. The van der Waals surface area contributed by atoms with Gasteiger partial charge in [0, 0.05) is 22.4 Å². The van der Waals surface area contributed by atoms with Crippen molar-refractivity contribution in [2.24, 2.45) is 5.73 Å². The average Bonchev–Trinajstić information content (AvgIpc) is 2.61. The minimum atomic E-state index is -0.581. The van der Waals surface area contributed by atoms with Crippen molar-refractivity contribution in [1.82, 2.24) is 0 Å². The zero-order valence-corrected chi connectivity index (χ0v) is 14.1. The largest absolute Gasteiger partial charge is 0.481 e. The van der Waals surface area contributed by atoms with Gasteiger partial charge in [0.1, 0.15) is 11.4 Å². The summed E-state index contributed by atoms with van der Waals surface area (Å²) in [6.45, 7) is 2.49. The standard InChI is InChI=1S/C20H21NOS/c1-2-20(14-21,17-11-5-6-13-19(17)23)22-18-12-7-9-15-8-3-4-10-16(15)18/h3-13,23H,2,14,21H2,1H3/t20-/m1/s1. The van der Waals surface area contributed by atoms with E-state index >= 15 is 0 Å². The van der Waals surface area contributed by atoms with Gasteiger partial charge in [-0.15, -0.1) is 12.6 Å². The van der Waals surface area contributed by atoms with Gasteiger partial charge in [-0.2, -0.15) is 0 Å². The lowest BCUT2D eigenvalue weighted by Gasteiger charge is -2.34. The topological polar surface area (TPSA) is 35.2 Å². The number of ether oxygens (including phenoxy) is 1. The maximum absolute atomic E-state index is 6.51. The van der Waals surface area contributed by atoms with Crippen LogP contribution in [0, 0.1) is 0 Å². The van der Waals surface area contributed by atoms with E-state index < -0.39 is 5.60 Å².